The first kappa shape index (κ1) is 28.8. The van der Waals surface area contributed by atoms with E-state index in [9.17, 15) is 24.3 Å². The van der Waals surface area contributed by atoms with Gasteiger partial charge in [0.25, 0.3) is 0 Å². The third-order valence-electron chi connectivity index (χ3n) is 6.12. The maximum Gasteiger partial charge on any atom is 0.337 e. The summed E-state index contributed by atoms with van der Waals surface area (Å²) < 4.78 is 21.9. The Morgan fingerprint density at radius 3 is 2.39 bits per heavy atom. The van der Waals surface area contributed by atoms with Gasteiger partial charge in [-0.05, 0) is 39.3 Å². The SMILES string of the molecule is C=C1C(=O)O[C@H]2C=C(C)[C@@H](OC(C)=O)C/C=C(\C)C[C@@H](OC(=O)/C(=C/C)COC(=O)/C(=C/C)CO)[C@@H]12. The van der Waals surface area contributed by atoms with E-state index in [0.29, 0.717) is 12.0 Å². The zero-order chi connectivity index (χ0) is 27.0. The van der Waals surface area contributed by atoms with Crippen molar-refractivity contribution in [2.24, 2.45) is 5.92 Å². The first-order chi connectivity index (χ1) is 17.0. The first-order valence-electron chi connectivity index (χ1n) is 11.7. The van der Waals surface area contributed by atoms with E-state index in [-0.39, 0.29) is 29.7 Å². The third-order valence-corrected chi connectivity index (χ3v) is 6.12. The molecule has 0 aromatic heterocycles. The molecule has 0 saturated carbocycles. The summed E-state index contributed by atoms with van der Waals surface area (Å²) in [4.78, 5) is 49.1. The molecule has 1 aliphatic carbocycles. The fourth-order valence-electron chi connectivity index (χ4n) is 4.01. The molecule has 0 aromatic carbocycles. The topological polar surface area (TPSA) is 125 Å². The van der Waals surface area contributed by atoms with Gasteiger partial charge in [-0.25, -0.2) is 14.4 Å². The van der Waals surface area contributed by atoms with E-state index in [4.69, 9.17) is 18.9 Å². The van der Waals surface area contributed by atoms with Crippen molar-refractivity contribution in [1.82, 2.24) is 0 Å². The molecule has 1 saturated heterocycles. The molecule has 0 radical (unpaired) electrons. The maximum absolute atomic E-state index is 13.0. The van der Waals surface area contributed by atoms with E-state index in [1.165, 1.54) is 19.1 Å². The summed E-state index contributed by atoms with van der Waals surface area (Å²) >= 11 is 0. The van der Waals surface area contributed by atoms with Gasteiger partial charge < -0.3 is 24.1 Å². The lowest BCUT2D eigenvalue weighted by Crippen LogP contribution is -2.35. The Morgan fingerprint density at radius 2 is 1.81 bits per heavy atom. The fourth-order valence-corrected chi connectivity index (χ4v) is 4.01. The van der Waals surface area contributed by atoms with Crippen molar-refractivity contribution in [3.63, 3.8) is 0 Å². The van der Waals surface area contributed by atoms with Crippen LogP contribution in [0.2, 0.25) is 0 Å². The summed E-state index contributed by atoms with van der Waals surface area (Å²) in [6.07, 6.45) is 5.13. The smallest absolute Gasteiger partial charge is 0.337 e. The lowest BCUT2D eigenvalue weighted by Gasteiger charge is -2.28. The lowest BCUT2D eigenvalue weighted by molar-refractivity contribution is -0.149. The molecule has 0 amide bonds. The number of aliphatic hydroxyl groups excluding tert-OH is 1. The monoisotopic (exact) mass is 502 g/mol. The lowest BCUT2D eigenvalue weighted by atomic mass is 9.85. The molecule has 9 nitrogen and oxygen atoms in total. The standard InChI is InChI=1S/C27H34O9/c1-7-19(13-28)26(31)33-14-20(8-2)27(32)36-22-11-15(3)9-10-21(34-18(6)29)16(4)12-23-24(22)17(5)25(30)35-23/h7-9,12,21-24,28H,5,10-11,13-14H2,1-4,6H3/b15-9+,16-12?,19-7+,20-8+/t21-,22+,23-,24+/m0/s1. The molecule has 1 fully saturated rings. The van der Waals surface area contributed by atoms with Crippen molar-refractivity contribution >= 4 is 23.9 Å². The molecule has 36 heavy (non-hydrogen) atoms. The summed E-state index contributed by atoms with van der Waals surface area (Å²) in [5, 5.41) is 9.22. The van der Waals surface area contributed by atoms with Gasteiger partial charge in [0.05, 0.1) is 23.7 Å². The Bertz CT molecular complexity index is 1030. The van der Waals surface area contributed by atoms with Crippen molar-refractivity contribution in [2.75, 3.05) is 13.2 Å². The predicted molar refractivity (Wildman–Crippen MR) is 130 cm³/mol. The number of esters is 4. The number of hydrogen-bond donors (Lipinski definition) is 1. The van der Waals surface area contributed by atoms with Gasteiger partial charge in [0.1, 0.15) is 24.9 Å². The van der Waals surface area contributed by atoms with E-state index in [0.717, 1.165) is 5.57 Å². The van der Waals surface area contributed by atoms with Crippen LogP contribution in [-0.2, 0) is 38.1 Å². The second-order valence-corrected chi connectivity index (χ2v) is 8.73. The van der Waals surface area contributed by atoms with Gasteiger partial charge in [0.15, 0.2) is 0 Å². The average Bonchev–Trinajstić information content (AvgIpc) is 3.09. The Balaban J connectivity index is 2.30. The summed E-state index contributed by atoms with van der Waals surface area (Å²) in [7, 11) is 0. The Morgan fingerprint density at radius 1 is 1.14 bits per heavy atom. The van der Waals surface area contributed by atoms with Crippen molar-refractivity contribution in [1.29, 1.82) is 0 Å². The summed E-state index contributed by atoms with van der Waals surface area (Å²) in [6.45, 7) is 11.2. The fraction of sp³-hybridized carbons (Fsp3) is 0.481. The third kappa shape index (κ3) is 7.27. The second-order valence-electron chi connectivity index (χ2n) is 8.73. The van der Waals surface area contributed by atoms with Crippen LogP contribution in [0.25, 0.3) is 0 Å². The molecule has 1 heterocycles. The number of allylic oxidation sites excluding steroid dienone is 2. The van der Waals surface area contributed by atoms with Crippen LogP contribution >= 0.6 is 0 Å². The molecule has 9 heteroatoms. The summed E-state index contributed by atoms with van der Waals surface area (Å²) in [5.41, 5.74) is 1.91. The highest BCUT2D eigenvalue weighted by atomic mass is 16.6. The number of fused-ring (bicyclic) bond motifs is 1. The average molecular weight is 503 g/mol. The van der Waals surface area contributed by atoms with Crippen molar-refractivity contribution in [2.45, 2.75) is 65.8 Å². The van der Waals surface area contributed by atoms with Gasteiger partial charge in [-0.3, -0.25) is 4.79 Å². The van der Waals surface area contributed by atoms with Crippen LogP contribution in [0.4, 0.5) is 0 Å². The molecule has 4 atom stereocenters. The minimum Gasteiger partial charge on any atom is -0.458 e. The van der Waals surface area contributed by atoms with E-state index >= 15 is 0 Å². The van der Waals surface area contributed by atoms with E-state index in [2.05, 4.69) is 6.58 Å². The van der Waals surface area contributed by atoms with Gasteiger partial charge in [-0.15, -0.1) is 0 Å². The number of ether oxygens (including phenoxy) is 4. The number of carbonyl (C=O) groups excluding carboxylic acids is 4. The predicted octanol–water partition coefficient (Wildman–Crippen LogP) is 3.04. The molecule has 0 aromatic rings. The largest absolute Gasteiger partial charge is 0.458 e. The van der Waals surface area contributed by atoms with Gasteiger partial charge in [0, 0.05) is 25.3 Å². The van der Waals surface area contributed by atoms with Crippen molar-refractivity contribution in [3.8, 4) is 0 Å². The van der Waals surface area contributed by atoms with Crippen LogP contribution in [0.3, 0.4) is 0 Å². The molecule has 2 aliphatic rings. The van der Waals surface area contributed by atoms with Crippen LogP contribution in [0.1, 0.15) is 47.5 Å². The normalized spacial score (nSPS) is 26.6. The molecule has 0 unspecified atom stereocenters. The molecular weight excluding hydrogens is 468 g/mol. The first-order valence-corrected chi connectivity index (χ1v) is 11.7. The molecule has 1 aliphatic heterocycles. The highest BCUT2D eigenvalue weighted by molar-refractivity contribution is 5.93. The van der Waals surface area contributed by atoms with Crippen LogP contribution < -0.4 is 0 Å². The number of aliphatic hydroxyl groups is 1. The van der Waals surface area contributed by atoms with Gasteiger partial charge in [0.2, 0.25) is 0 Å². The van der Waals surface area contributed by atoms with E-state index < -0.39 is 54.7 Å². The zero-order valence-corrected chi connectivity index (χ0v) is 21.4. The highest BCUT2D eigenvalue weighted by Gasteiger charge is 2.45. The minimum absolute atomic E-state index is 0.0712. The van der Waals surface area contributed by atoms with Crippen LogP contribution in [0.15, 0.2) is 58.7 Å². The summed E-state index contributed by atoms with van der Waals surface area (Å²) in [5.74, 6) is -3.14. The molecule has 196 valence electrons. The molecule has 1 N–H and O–H groups in total. The summed E-state index contributed by atoms with van der Waals surface area (Å²) in [6, 6.07) is 0. The van der Waals surface area contributed by atoms with Gasteiger partial charge >= 0.3 is 23.9 Å². The highest BCUT2D eigenvalue weighted by Crippen LogP contribution is 2.36. The number of carbonyl (C=O) groups is 4. The maximum atomic E-state index is 13.0. The van der Waals surface area contributed by atoms with Crippen LogP contribution in [0.5, 0.6) is 0 Å². The molecular formula is C27H34O9. The minimum atomic E-state index is -0.791. The van der Waals surface area contributed by atoms with Gasteiger partial charge in [-0.2, -0.15) is 0 Å². The molecule has 0 bridgehead atoms. The number of hydrogen-bond acceptors (Lipinski definition) is 9. The quantitative estimate of drug-likeness (QED) is 0.242. The van der Waals surface area contributed by atoms with E-state index in [1.807, 2.05) is 13.0 Å². The second kappa shape index (κ2) is 13.0. The Labute approximate surface area is 211 Å². The van der Waals surface area contributed by atoms with E-state index in [1.54, 1.807) is 26.8 Å². The molecule has 0 spiro atoms. The van der Waals surface area contributed by atoms with Crippen LogP contribution in [-0.4, -0.2) is 60.5 Å². The van der Waals surface area contributed by atoms with Gasteiger partial charge in [-0.1, -0.05) is 30.4 Å². The zero-order valence-electron chi connectivity index (χ0n) is 21.4. The van der Waals surface area contributed by atoms with Crippen molar-refractivity contribution < 1.29 is 43.2 Å². The van der Waals surface area contributed by atoms with Crippen LogP contribution in [0, 0.1) is 5.92 Å². The van der Waals surface area contributed by atoms with Crippen molar-refractivity contribution in [3.05, 3.63) is 58.7 Å². The number of rotatable bonds is 7. The Hall–Kier alpha value is -3.46. The molecule has 2 rings (SSSR count). The Kier molecular flexibility index (Phi) is 10.4.